The van der Waals surface area contributed by atoms with Crippen LogP contribution < -0.4 is 4.89 Å². The van der Waals surface area contributed by atoms with Crippen LogP contribution in [0.5, 0.6) is 0 Å². The zero-order valence-corrected chi connectivity index (χ0v) is 18.6. The minimum absolute atomic E-state index is 0.0667. The number of likely N-dealkylation sites (N-methyl/N-ethyl adjacent to an activating group) is 1. The number of nitrogens with zero attached hydrogens (tertiary/aromatic N) is 1. The highest BCUT2D eigenvalue weighted by Gasteiger charge is 2.33. The van der Waals surface area contributed by atoms with Crippen molar-refractivity contribution in [3.8, 4) is 0 Å². The Balaban J connectivity index is 4.63. The molecule has 0 aliphatic heterocycles. The number of hydrogen-bond acceptors (Lipinski definition) is 8. The van der Waals surface area contributed by atoms with Crippen molar-refractivity contribution in [2.24, 2.45) is 0 Å². The van der Waals surface area contributed by atoms with Crippen molar-refractivity contribution in [1.82, 2.24) is 0 Å². The van der Waals surface area contributed by atoms with Crippen molar-refractivity contribution in [2.75, 3.05) is 40.9 Å². The summed E-state index contributed by atoms with van der Waals surface area (Å²) in [6.45, 7) is 1.65. The summed E-state index contributed by atoms with van der Waals surface area (Å²) < 4.78 is 22.2. The Labute approximate surface area is 168 Å². The van der Waals surface area contributed by atoms with Gasteiger partial charge in [-0.05, 0) is 6.42 Å². The average Bonchev–Trinajstić information content (AvgIpc) is 2.59. The number of carbonyl (C=O) groups excluding carboxylic acids is 1. The molecule has 0 spiro atoms. The first-order valence-corrected chi connectivity index (χ1v) is 11.4. The summed E-state index contributed by atoms with van der Waals surface area (Å²) in [5, 5.41) is 18.2. The number of rotatable bonds is 18. The maximum absolute atomic E-state index is 12.4. The van der Waals surface area contributed by atoms with E-state index in [9.17, 15) is 19.4 Å². The SMILES string of the molecule is CCCCCCCCCC(=O)C(OP(=O)([O-])OCC[N+](C)(C)C)[C@H](CO)OO. The molecule has 168 valence electrons. The van der Waals surface area contributed by atoms with Gasteiger partial charge < -0.3 is 23.5 Å². The Morgan fingerprint density at radius 2 is 1.68 bits per heavy atom. The van der Waals surface area contributed by atoms with E-state index in [2.05, 4.69) is 11.8 Å². The fourth-order valence-corrected chi connectivity index (χ4v) is 3.41. The quantitative estimate of drug-likeness (QED) is 0.112. The number of aliphatic hydroxyl groups is 1. The predicted octanol–water partition coefficient (Wildman–Crippen LogP) is 2.12. The van der Waals surface area contributed by atoms with E-state index in [1.807, 2.05) is 21.1 Å². The molecular formula is C18H38NO8P. The number of aliphatic hydroxyl groups excluding tert-OH is 1. The van der Waals surface area contributed by atoms with Crippen LogP contribution in [0.3, 0.4) is 0 Å². The lowest BCUT2D eigenvalue weighted by molar-refractivity contribution is -0.870. The van der Waals surface area contributed by atoms with E-state index < -0.39 is 32.4 Å². The van der Waals surface area contributed by atoms with Crippen LogP contribution in [0, 0.1) is 0 Å². The first kappa shape index (κ1) is 27.6. The molecule has 0 saturated heterocycles. The summed E-state index contributed by atoms with van der Waals surface area (Å²) in [6, 6.07) is 0. The second kappa shape index (κ2) is 14.6. The van der Waals surface area contributed by atoms with Gasteiger partial charge in [0.15, 0.2) is 11.9 Å². The second-order valence-corrected chi connectivity index (χ2v) is 9.35. The molecule has 2 unspecified atom stereocenters. The lowest BCUT2D eigenvalue weighted by atomic mass is 10.0. The number of phosphoric ester groups is 1. The summed E-state index contributed by atoms with van der Waals surface area (Å²) in [5.74, 6) is -0.562. The molecular weight excluding hydrogens is 389 g/mol. The van der Waals surface area contributed by atoms with Crippen LogP contribution in [-0.4, -0.2) is 73.7 Å². The van der Waals surface area contributed by atoms with Gasteiger partial charge in [-0.3, -0.25) is 14.6 Å². The molecule has 0 aromatic heterocycles. The van der Waals surface area contributed by atoms with Gasteiger partial charge in [-0.1, -0.05) is 45.4 Å². The molecule has 0 rings (SSSR count). The highest BCUT2D eigenvalue weighted by Crippen LogP contribution is 2.41. The molecule has 0 aromatic rings. The third-order valence-corrected chi connectivity index (χ3v) is 5.24. The van der Waals surface area contributed by atoms with Gasteiger partial charge in [-0.25, -0.2) is 4.89 Å². The second-order valence-electron chi connectivity index (χ2n) is 7.98. The Hall–Kier alpha value is -0.380. The minimum atomic E-state index is -4.81. The Morgan fingerprint density at radius 1 is 1.11 bits per heavy atom. The summed E-state index contributed by atoms with van der Waals surface area (Å²) in [6.07, 6.45) is 3.91. The lowest BCUT2D eigenvalue weighted by Gasteiger charge is -2.31. The molecule has 3 atom stereocenters. The molecule has 10 heteroatoms. The van der Waals surface area contributed by atoms with Crippen molar-refractivity contribution in [3.05, 3.63) is 0 Å². The van der Waals surface area contributed by atoms with Gasteiger partial charge in [-0.2, -0.15) is 0 Å². The van der Waals surface area contributed by atoms with E-state index >= 15 is 0 Å². The summed E-state index contributed by atoms with van der Waals surface area (Å²) in [5.41, 5.74) is 0. The monoisotopic (exact) mass is 427 g/mol. The molecule has 0 saturated carbocycles. The molecule has 0 bridgehead atoms. The van der Waals surface area contributed by atoms with Gasteiger partial charge >= 0.3 is 0 Å². The van der Waals surface area contributed by atoms with Crippen LogP contribution in [-0.2, 0) is 23.3 Å². The van der Waals surface area contributed by atoms with Crippen LogP contribution in [0.2, 0.25) is 0 Å². The van der Waals surface area contributed by atoms with Crippen LogP contribution >= 0.6 is 7.82 Å². The van der Waals surface area contributed by atoms with E-state index in [-0.39, 0.29) is 13.0 Å². The predicted molar refractivity (Wildman–Crippen MR) is 104 cm³/mol. The smallest absolute Gasteiger partial charge is 0.268 e. The largest absolute Gasteiger partial charge is 0.756 e. The van der Waals surface area contributed by atoms with E-state index in [1.54, 1.807) is 0 Å². The lowest BCUT2D eigenvalue weighted by Crippen LogP contribution is -2.41. The number of hydrogen-bond donors (Lipinski definition) is 2. The molecule has 0 aliphatic carbocycles. The summed E-state index contributed by atoms with van der Waals surface area (Å²) in [7, 11) is 0.804. The number of ketones is 1. The Bertz CT molecular complexity index is 465. The fourth-order valence-electron chi connectivity index (χ4n) is 2.51. The average molecular weight is 427 g/mol. The fraction of sp³-hybridized carbons (Fsp3) is 0.944. The highest BCUT2D eigenvalue weighted by atomic mass is 31.2. The van der Waals surface area contributed by atoms with E-state index in [0.717, 1.165) is 32.1 Å². The normalized spacial score (nSPS) is 16.5. The Kier molecular flexibility index (Phi) is 14.4. The molecule has 2 N–H and O–H groups in total. The number of unbranched alkanes of at least 4 members (excludes halogenated alkanes) is 6. The van der Waals surface area contributed by atoms with Crippen LogP contribution in [0.4, 0.5) is 0 Å². The minimum Gasteiger partial charge on any atom is -0.756 e. The van der Waals surface area contributed by atoms with Crippen molar-refractivity contribution in [1.29, 1.82) is 0 Å². The molecule has 0 aliphatic rings. The summed E-state index contributed by atoms with van der Waals surface area (Å²) in [4.78, 5) is 28.5. The van der Waals surface area contributed by atoms with Crippen molar-refractivity contribution in [3.63, 3.8) is 0 Å². The number of phosphoric acid groups is 1. The van der Waals surface area contributed by atoms with Gasteiger partial charge in [0.2, 0.25) is 0 Å². The van der Waals surface area contributed by atoms with Gasteiger partial charge in [0.1, 0.15) is 19.3 Å². The van der Waals surface area contributed by atoms with Crippen LogP contribution in [0.15, 0.2) is 0 Å². The summed E-state index contributed by atoms with van der Waals surface area (Å²) >= 11 is 0. The third-order valence-electron chi connectivity index (χ3n) is 4.25. The molecule has 0 aromatic carbocycles. The maximum Gasteiger partial charge on any atom is 0.268 e. The first-order chi connectivity index (χ1) is 13.1. The molecule has 0 radical (unpaired) electrons. The van der Waals surface area contributed by atoms with Gasteiger partial charge in [0.25, 0.3) is 7.82 Å². The number of carbonyl (C=O) groups is 1. The zero-order valence-electron chi connectivity index (χ0n) is 17.7. The van der Waals surface area contributed by atoms with E-state index in [4.69, 9.17) is 14.3 Å². The molecule has 0 heterocycles. The van der Waals surface area contributed by atoms with E-state index in [1.165, 1.54) is 6.42 Å². The number of quaternary nitrogens is 1. The number of Topliss-reactive ketones (excluding diaryl/α,β-unsaturated/α-hetero) is 1. The maximum atomic E-state index is 12.4. The third kappa shape index (κ3) is 13.7. The zero-order chi connectivity index (χ0) is 21.6. The van der Waals surface area contributed by atoms with Crippen LogP contribution in [0.25, 0.3) is 0 Å². The van der Waals surface area contributed by atoms with Gasteiger partial charge in [-0.15, -0.1) is 0 Å². The molecule has 9 nitrogen and oxygen atoms in total. The molecule has 0 amide bonds. The van der Waals surface area contributed by atoms with Gasteiger partial charge in [0.05, 0.1) is 27.7 Å². The van der Waals surface area contributed by atoms with Crippen molar-refractivity contribution >= 4 is 13.6 Å². The molecule has 28 heavy (non-hydrogen) atoms. The van der Waals surface area contributed by atoms with Crippen molar-refractivity contribution in [2.45, 2.75) is 70.5 Å². The highest BCUT2D eigenvalue weighted by molar-refractivity contribution is 7.45. The van der Waals surface area contributed by atoms with Crippen molar-refractivity contribution < 1.29 is 43.0 Å². The standard InChI is InChI=1S/C18H38NO8P/c1-5-6-7-8-9-10-11-12-16(21)18(17(15-20)26-22)27-28(23,24)25-14-13-19(2,3)4/h17-18,20H,5-15H2,1-4H3,(H-,22,23,24)/t17-,18?/m0/s1. The molecule has 0 fully saturated rings. The van der Waals surface area contributed by atoms with E-state index in [0.29, 0.717) is 17.4 Å². The topological polar surface area (TPSA) is 125 Å². The van der Waals surface area contributed by atoms with Gasteiger partial charge in [0, 0.05) is 6.42 Å². The first-order valence-electron chi connectivity index (χ1n) is 9.94. The Morgan fingerprint density at radius 3 is 2.18 bits per heavy atom. The van der Waals surface area contributed by atoms with Crippen LogP contribution in [0.1, 0.15) is 58.3 Å².